The minimum Gasteiger partial charge on any atom is -0.467 e. The molecule has 0 spiro atoms. The monoisotopic (exact) mass is 331 g/mol. The maximum atomic E-state index is 12.8. The molecule has 1 radical (unpaired) electrons. The van der Waals surface area contributed by atoms with E-state index in [1.54, 1.807) is 0 Å². The van der Waals surface area contributed by atoms with Crippen LogP contribution in [0, 0.1) is 0 Å². The number of rotatable bonds is 5. The predicted octanol–water partition coefficient (Wildman–Crippen LogP) is 1.62. The molecule has 1 unspecified atom stereocenters. The Labute approximate surface area is 141 Å². The van der Waals surface area contributed by atoms with Crippen molar-refractivity contribution >= 4 is 11.9 Å². The Morgan fingerprint density at radius 3 is 2.75 bits per heavy atom. The quantitative estimate of drug-likeness (QED) is 0.832. The van der Waals surface area contributed by atoms with E-state index in [1.807, 2.05) is 30.3 Å². The number of ether oxygens (including phenoxy) is 1. The van der Waals surface area contributed by atoms with Gasteiger partial charge in [-0.1, -0.05) is 30.3 Å². The number of carbonyl (C=O) groups excluding carboxylic acids is 2. The van der Waals surface area contributed by atoms with Gasteiger partial charge in [0.1, 0.15) is 11.6 Å². The van der Waals surface area contributed by atoms with Crippen LogP contribution < -0.4 is 5.32 Å². The largest absolute Gasteiger partial charge is 0.467 e. The molecule has 1 N–H and O–H groups in total. The first-order valence-corrected chi connectivity index (χ1v) is 8.46. The molecule has 6 heteroatoms. The summed E-state index contributed by atoms with van der Waals surface area (Å²) in [6.07, 6.45) is 3.93. The Bertz CT molecular complexity index is 602. The highest BCUT2D eigenvalue weighted by Gasteiger charge is 2.55. The van der Waals surface area contributed by atoms with Gasteiger partial charge < -0.3 is 10.1 Å². The highest BCUT2D eigenvalue weighted by molar-refractivity contribution is 5.91. The Balaban J connectivity index is 1.75. The van der Waals surface area contributed by atoms with Crippen LogP contribution in [0.1, 0.15) is 37.7 Å². The van der Waals surface area contributed by atoms with Crippen LogP contribution in [-0.4, -0.2) is 41.7 Å². The molecule has 24 heavy (non-hydrogen) atoms. The lowest BCUT2D eigenvalue weighted by Gasteiger charge is -2.38. The third-order valence-electron chi connectivity index (χ3n) is 5.27. The molecule has 2 aliphatic heterocycles. The van der Waals surface area contributed by atoms with E-state index in [0.29, 0.717) is 19.3 Å². The van der Waals surface area contributed by atoms with Gasteiger partial charge in [0.15, 0.2) is 0 Å². The summed E-state index contributed by atoms with van der Waals surface area (Å²) in [5.41, 5.74) is -0.0797. The van der Waals surface area contributed by atoms with Crippen LogP contribution in [0.15, 0.2) is 30.3 Å². The fraction of sp³-hybridized carbons (Fsp3) is 0.556. The molecule has 6 nitrogen and oxygen atoms in total. The summed E-state index contributed by atoms with van der Waals surface area (Å²) in [6, 6.07) is 8.60. The van der Waals surface area contributed by atoms with Gasteiger partial charge in [-0.3, -0.25) is 4.79 Å². The number of fused-ring (bicyclic) bond motifs is 2. The molecule has 2 heterocycles. The molecule has 129 valence electrons. The second-order valence-corrected chi connectivity index (χ2v) is 6.68. The molecule has 1 aromatic carbocycles. The highest BCUT2D eigenvalue weighted by atomic mass is 16.5. The highest BCUT2D eigenvalue weighted by Crippen LogP contribution is 2.43. The lowest BCUT2D eigenvalue weighted by Crippen LogP contribution is -2.60. The lowest BCUT2D eigenvalue weighted by atomic mass is 9.88. The first-order chi connectivity index (χ1) is 11.6. The minimum absolute atomic E-state index is 0.0600. The van der Waals surface area contributed by atoms with E-state index in [0.717, 1.165) is 29.9 Å². The van der Waals surface area contributed by atoms with Crippen molar-refractivity contribution in [1.82, 2.24) is 10.4 Å². The standard InChI is InChI=1S/C18H23N2O4/c1-24-16(21)15(12-13-6-3-2-4-7-13)19-17(22)18-10-5-8-14(9-11-18)20(18)23/h2-4,6-7,14-15H,5,8-12H2,1H3,(H,19,22)/t14?,15-,18-/m1/s1. The molecule has 1 amide bonds. The van der Waals surface area contributed by atoms with Crippen LogP contribution in [-0.2, 0) is 26.0 Å². The van der Waals surface area contributed by atoms with Crippen LogP contribution in [0.25, 0.3) is 0 Å². The summed E-state index contributed by atoms with van der Waals surface area (Å²) in [7, 11) is 1.30. The third-order valence-corrected chi connectivity index (χ3v) is 5.27. The Hall–Kier alpha value is -1.92. The lowest BCUT2D eigenvalue weighted by molar-refractivity contribution is -0.239. The van der Waals surface area contributed by atoms with Crippen molar-refractivity contribution < 1.29 is 19.5 Å². The van der Waals surface area contributed by atoms with Crippen LogP contribution >= 0.6 is 0 Å². The maximum Gasteiger partial charge on any atom is 0.328 e. The normalized spacial score (nSPS) is 27.5. The van der Waals surface area contributed by atoms with Gasteiger partial charge in [-0.15, -0.1) is 10.3 Å². The van der Waals surface area contributed by atoms with Crippen molar-refractivity contribution in [3.63, 3.8) is 0 Å². The van der Waals surface area contributed by atoms with Crippen molar-refractivity contribution in [2.75, 3.05) is 7.11 Å². The van der Waals surface area contributed by atoms with Gasteiger partial charge in [0.25, 0.3) is 0 Å². The van der Waals surface area contributed by atoms with Crippen molar-refractivity contribution in [2.45, 2.75) is 56.1 Å². The van der Waals surface area contributed by atoms with Gasteiger partial charge in [0.2, 0.25) is 5.91 Å². The zero-order valence-electron chi connectivity index (χ0n) is 13.9. The fourth-order valence-electron chi connectivity index (χ4n) is 3.91. The Kier molecular flexibility index (Phi) is 4.87. The first-order valence-electron chi connectivity index (χ1n) is 8.46. The van der Waals surface area contributed by atoms with Gasteiger partial charge in [-0.2, -0.15) is 0 Å². The predicted molar refractivity (Wildman–Crippen MR) is 86.2 cm³/mol. The summed E-state index contributed by atoms with van der Waals surface area (Å²) in [4.78, 5) is 24.9. The molecule has 3 rings (SSSR count). The third kappa shape index (κ3) is 3.03. The number of amides is 1. The number of hydroxylamine groups is 2. The van der Waals surface area contributed by atoms with Crippen molar-refractivity contribution in [3.8, 4) is 0 Å². The number of hydrogen-bond donors (Lipinski definition) is 1. The number of esters is 1. The number of piperidine rings is 1. The van der Waals surface area contributed by atoms with E-state index in [4.69, 9.17) is 4.74 Å². The number of carbonyl (C=O) groups is 2. The van der Waals surface area contributed by atoms with Gasteiger partial charge in [0, 0.05) is 12.5 Å². The summed E-state index contributed by atoms with van der Waals surface area (Å²) < 4.78 is 4.83. The van der Waals surface area contributed by atoms with Crippen LogP contribution in [0.2, 0.25) is 0 Å². The molecule has 3 atom stereocenters. The van der Waals surface area contributed by atoms with Crippen LogP contribution in [0.4, 0.5) is 0 Å². The number of methoxy groups -OCH3 is 1. The molecule has 0 aliphatic carbocycles. The van der Waals surface area contributed by atoms with E-state index in [2.05, 4.69) is 5.32 Å². The maximum absolute atomic E-state index is 12.8. The van der Waals surface area contributed by atoms with E-state index >= 15 is 0 Å². The summed E-state index contributed by atoms with van der Waals surface area (Å²) in [6.45, 7) is 0. The summed E-state index contributed by atoms with van der Waals surface area (Å²) in [5.74, 6) is -0.836. The van der Waals surface area contributed by atoms with E-state index < -0.39 is 17.6 Å². The second-order valence-electron chi connectivity index (χ2n) is 6.68. The molecule has 1 aromatic rings. The van der Waals surface area contributed by atoms with Crippen LogP contribution in [0.3, 0.4) is 0 Å². The summed E-state index contributed by atoms with van der Waals surface area (Å²) >= 11 is 0. The van der Waals surface area contributed by atoms with E-state index in [9.17, 15) is 14.8 Å². The van der Waals surface area contributed by atoms with E-state index in [1.165, 1.54) is 7.11 Å². The SMILES string of the molecule is COC(=O)[C@@H](Cc1ccccc1)NC(=O)[C@@]12CCCC(CC1)N2[O]. The van der Waals surface area contributed by atoms with Gasteiger partial charge in [-0.05, 0) is 37.7 Å². The topological polar surface area (TPSA) is 78.5 Å². The summed E-state index contributed by atoms with van der Waals surface area (Å²) in [5, 5.41) is 16.2. The fourth-order valence-corrected chi connectivity index (χ4v) is 3.91. The average Bonchev–Trinajstić information content (AvgIpc) is 2.79. The smallest absolute Gasteiger partial charge is 0.328 e. The molecule has 2 fully saturated rings. The Morgan fingerprint density at radius 1 is 1.29 bits per heavy atom. The zero-order valence-corrected chi connectivity index (χ0v) is 13.9. The van der Waals surface area contributed by atoms with Gasteiger partial charge in [0.05, 0.1) is 7.11 Å². The molecule has 0 aromatic heterocycles. The molecule has 2 saturated heterocycles. The second kappa shape index (κ2) is 6.91. The molecular weight excluding hydrogens is 308 g/mol. The van der Waals surface area contributed by atoms with Gasteiger partial charge in [-0.25, -0.2) is 4.79 Å². The number of benzene rings is 1. The van der Waals surface area contributed by atoms with Crippen LogP contribution in [0.5, 0.6) is 0 Å². The zero-order chi connectivity index (χ0) is 17.2. The number of hydrogen-bond acceptors (Lipinski definition) is 4. The molecule has 2 bridgehead atoms. The molecule has 2 aliphatic rings. The van der Waals surface area contributed by atoms with Crippen molar-refractivity contribution in [1.29, 1.82) is 0 Å². The minimum atomic E-state index is -1.01. The average molecular weight is 331 g/mol. The van der Waals surface area contributed by atoms with E-state index in [-0.39, 0.29) is 11.9 Å². The first kappa shape index (κ1) is 16.9. The Morgan fingerprint density at radius 2 is 2.04 bits per heavy atom. The number of nitrogens with zero attached hydrogens (tertiary/aromatic N) is 1. The number of nitrogens with one attached hydrogen (secondary N) is 1. The van der Waals surface area contributed by atoms with Crippen molar-refractivity contribution in [2.24, 2.45) is 0 Å². The molecular formula is C18H23N2O4. The molecule has 0 saturated carbocycles. The van der Waals surface area contributed by atoms with Crippen molar-refractivity contribution in [3.05, 3.63) is 35.9 Å². The van der Waals surface area contributed by atoms with Gasteiger partial charge >= 0.3 is 5.97 Å².